The van der Waals surface area contributed by atoms with E-state index in [-0.39, 0.29) is 0 Å². The molecule has 102 valence electrons. The molecule has 0 aliphatic carbocycles. The summed E-state index contributed by atoms with van der Waals surface area (Å²) >= 11 is 0. The highest BCUT2D eigenvalue weighted by Gasteiger charge is 2.29. The molecule has 1 fully saturated rings. The van der Waals surface area contributed by atoms with Gasteiger partial charge in [0.05, 0.1) is 0 Å². The van der Waals surface area contributed by atoms with Gasteiger partial charge >= 0.3 is 0 Å². The van der Waals surface area contributed by atoms with E-state index in [1.54, 1.807) is 0 Å². The van der Waals surface area contributed by atoms with Gasteiger partial charge < -0.3 is 10.2 Å². The predicted octanol–water partition coefficient (Wildman–Crippen LogP) is 3.13. The second kappa shape index (κ2) is 6.75. The first-order valence-corrected chi connectivity index (χ1v) is 7.44. The van der Waals surface area contributed by atoms with Gasteiger partial charge in [0.25, 0.3) is 0 Å². The Labute approximate surface area is 108 Å². The molecule has 1 N–H and O–H groups in total. The van der Waals surface area contributed by atoms with Crippen LogP contribution in [0.4, 0.5) is 0 Å². The van der Waals surface area contributed by atoms with E-state index in [1.807, 2.05) is 0 Å². The highest BCUT2D eigenvalue weighted by Crippen LogP contribution is 2.34. The van der Waals surface area contributed by atoms with Crippen molar-refractivity contribution in [2.45, 2.75) is 59.4 Å². The number of nitrogens with zero attached hydrogens (tertiary/aromatic N) is 1. The van der Waals surface area contributed by atoms with E-state index >= 15 is 0 Å². The van der Waals surface area contributed by atoms with Gasteiger partial charge in [-0.1, -0.05) is 40.5 Å². The van der Waals surface area contributed by atoms with Gasteiger partial charge in [0.15, 0.2) is 0 Å². The summed E-state index contributed by atoms with van der Waals surface area (Å²) in [6.07, 6.45) is 5.36. The molecule has 2 heteroatoms. The highest BCUT2D eigenvalue weighted by molar-refractivity contribution is 4.84. The monoisotopic (exact) mass is 240 g/mol. The molecular formula is C15H32N2. The SMILES string of the molecule is CCC(C)C(CN1CCC(C)(CC)CC1)NC. The van der Waals surface area contributed by atoms with Gasteiger partial charge in [-0.15, -0.1) is 0 Å². The Morgan fingerprint density at radius 3 is 2.24 bits per heavy atom. The molecule has 0 aromatic carbocycles. The molecule has 0 bridgehead atoms. The summed E-state index contributed by atoms with van der Waals surface area (Å²) < 4.78 is 0. The maximum Gasteiger partial charge on any atom is 0.0217 e. The molecule has 0 radical (unpaired) electrons. The largest absolute Gasteiger partial charge is 0.315 e. The molecule has 2 unspecified atom stereocenters. The van der Waals surface area contributed by atoms with Gasteiger partial charge in [0.2, 0.25) is 0 Å². The van der Waals surface area contributed by atoms with E-state index in [2.05, 4.69) is 45.0 Å². The van der Waals surface area contributed by atoms with Gasteiger partial charge in [-0.05, 0) is 44.3 Å². The van der Waals surface area contributed by atoms with E-state index < -0.39 is 0 Å². The van der Waals surface area contributed by atoms with Crippen LogP contribution in [0, 0.1) is 11.3 Å². The molecular weight excluding hydrogens is 208 g/mol. The summed E-state index contributed by atoms with van der Waals surface area (Å²) in [5.41, 5.74) is 0.613. The number of hydrogen-bond acceptors (Lipinski definition) is 2. The maximum atomic E-state index is 3.49. The zero-order valence-electron chi connectivity index (χ0n) is 12.6. The van der Waals surface area contributed by atoms with Crippen molar-refractivity contribution < 1.29 is 0 Å². The fraction of sp³-hybridized carbons (Fsp3) is 1.00. The Morgan fingerprint density at radius 1 is 1.24 bits per heavy atom. The second-order valence-corrected chi connectivity index (χ2v) is 6.25. The molecule has 1 saturated heterocycles. The van der Waals surface area contributed by atoms with E-state index in [0.29, 0.717) is 11.5 Å². The average molecular weight is 240 g/mol. The Balaban J connectivity index is 2.39. The van der Waals surface area contributed by atoms with Crippen LogP contribution in [0.2, 0.25) is 0 Å². The third kappa shape index (κ3) is 4.26. The van der Waals surface area contributed by atoms with Crippen molar-refractivity contribution in [3.63, 3.8) is 0 Å². The average Bonchev–Trinajstić information content (AvgIpc) is 2.37. The van der Waals surface area contributed by atoms with Crippen molar-refractivity contribution in [2.24, 2.45) is 11.3 Å². The molecule has 1 heterocycles. The van der Waals surface area contributed by atoms with Crippen LogP contribution < -0.4 is 5.32 Å². The lowest BCUT2D eigenvalue weighted by molar-refractivity contribution is 0.100. The number of piperidine rings is 1. The number of likely N-dealkylation sites (tertiary alicyclic amines) is 1. The lowest BCUT2D eigenvalue weighted by Gasteiger charge is -2.40. The van der Waals surface area contributed by atoms with Crippen molar-refractivity contribution in [1.82, 2.24) is 10.2 Å². The van der Waals surface area contributed by atoms with Crippen molar-refractivity contribution in [1.29, 1.82) is 0 Å². The minimum absolute atomic E-state index is 0.613. The molecule has 0 spiro atoms. The van der Waals surface area contributed by atoms with Crippen molar-refractivity contribution in [3.05, 3.63) is 0 Å². The van der Waals surface area contributed by atoms with Crippen LogP contribution in [0.15, 0.2) is 0 Å². The lowest BCUT2D eigenvalue weighted by atomic mass is 9.78. The van der Waals surface area contributed by atoms with E-state index in [1.165, 1.54) is 45.3 Å². The van der Waals surface area contributed by atoms with Crippen LogP contribution in [0.1, 0.15) is 53.4 Å². The number of hydrogen-bond donors (Lipinski definition) is 1. The van der Waals surface area contributed by atoms with Crippen LogP contribution in [-0.4, -0.2) is 37.6 Å². The van der Waals surface area contributed by atoms with Crippen molar-refractivity contribution >= 4 is 0 Å². The molecule has 0 aromatic heterocycles. The molecule has 1 aliphatic heterocycles. The Kier molecular flexibility index (Phi) is 5.94. The summed E-state index contributed by atoms with van der Waals surface area (Å²) in [5, 5.41) is 3.49. The van der Waals surface area contributed by atoms with Gasteiger partial charge in [-0.25, -0.2) is 0 Å². The Morgan fingerprint density at radius 2 is 1.82 bits per heavy atom. The first-order chi connectivity index (χ1) is 8.04. The summed E-state index contributed by atoms with van der Waals surface area (Å²) in [6, 6.07) is 0.658. The third-order valence-corrected chi connectivity index (χ3v) is 5.07. The number of rotatable bonds is 6. The van der Waals surface area contributed by atoms with Crippen molar-refractivity contribution in [2.75, 3.05) is 26.7 Å². The van der Waals surface area contributed by atoms with Crippen LogP contribution in [0.3, 0.4) is 0 Å². The lowest BCUT2D eigenvalue weighted by Crippen LogP contribution is -2.47. The van der Waals surface area contributed by atoms with Crippen LogP contribution in [0.25, 0.3) is 0 Å². The smallest absolute Gasteiger partial charge is 0.0217 e. The van der Waals surface area contributed by atoms with Crippen LogP contribution in [-0.2, 0) is 0 Å². The molecule has 0 amide bonds. The second-order valence-electron chi connectivity index (χ2n) is 6.25. The Hall–Kier alpha value is -0.0800. The predicted molar refractivity (Wildman–Crippen MR) is 76.4 cm³/mol. The summed E-state index contributed by atoms with van der Waals surface area (Å²) in [6.45, 7) is 13.3. The van der Waals surface area contributed by atoms with Gasteiger partial charge in [-0.3, -0.25) is 0 Å². The van der Waals surface area contributed by atoms with E-state index in [4.69, 9.17) is 0 Å². The first kappa shape index (κ1) is 15.0. The molecule has 0 aromatic rings. The minimum Gasteiger partial charge on any atom is -0.315 e. The van der Waals surface area contributed by atoms with E-state index in [0.717, 1.165) is 5.92 Å². The fourth-order valence-corrected chi connectivity index (χ4v) is 2.75. The minimum atomic E-state index is 0.613. The zero-order valence-corrected chi connectivity index (χ0v) is 12.6. The topological polar surface area (TPSA) is 15.3 Å². The molecule has 0 saturated carbocycles. The molecule has 17 heavy (non-hydrogen) atoms. The quantitative estimate of drug-likeness (QED) is 0.767. The summed E-state index contributed by atoms with van der Waals surface area (Å²) in [4.78, 5) is 2.66. The fourth-order valence-electron chi connectivity index (χ4n) is 2.75. The summed E-state index contributed by atoms with van der Waals surface area (Å²) in [5.74, 6) is 0.777. The normalized spacial score (nSPS) is 24.5. The first-order valence-electron chi connectivity index (χ1n) is 7.44. The van der Waals surface area contributed by atoms with Gasteiger partial charge in [0.1, 0.15) is 0 Å². The Bertz CT molecular complexity index is 207. The maximum absolute atomic E-state index is 3.49. The van der Waals surface area contributed by atoms with E-state index in [9.17, 15) is 0 Å². The highest BCUT2D eigenvalue weighted by atomic mass is 15.2. The van der Waals surface area contributed by atoms with Gasteiger partial charge in [-0.2, -0.15) is 0 Å². The third-order valence-electron chi connectivity index (χ3n) is 5.07. The standard InChI is InChI=1S/C15H32N2/c1-6-13(3)14(16-5)12-17-10-8-15(4,7-2)9-11-17/h13-14,16H,6-12H2,1-5H3. The number of nitrogens with one attached hydrogen (secondary N) is 1. The molecule has 2 nitrogen and oxygen atoms in total. The van der Waals surface area contributed by atoms with Crippen molar-refractivity contribution in [3.8, 4) is 0 Å². The molecule has 1 aliphatic rings. The van der Waals surface area contributed by atoms with Crippen LogP contribution in [0.5, 0.6) is 0 Å². The van der Waals surface area contributed by atoms with Crippen LogP contribution >= 0.6 is 0 Å². The molecule has 1 rings (SSSR count). The molecule has 2 atom stereocenters. The van der Waals surface area contributed by atoms with Gasteiger partial charge in [0, 0.05) is 12.6 Å². The summed E-state index contributed by atoms with van der Waals surface area (Å²) in [7, 11) is 2.11. The number of likely N-dealkylation sites (N-methyl/N-ethyl adjacent to an activating group) is 1. The zero-order chi connectivity index (χ0) is 12.9.